The maximum absolute atomic E-state index is 11.1. The van der Waals surface area contributed by atoms with E-state index in [2.05, 4.69) is 0 Å². The number of hydrogen-bond donors (Lipinski definition) is 1. The highest BCUT2D eigenvalue weighted by Crippen LogP contribution is 2.23. The third-order valence-electron chi connectivity index (χ3n) is 2.05. The molecule has 1 aromatic rings. The number of ketones is 1. The minimum atomic E-state index is 0.250. The molecule has 0 heterocycles. The van der Waals surface area contributed by atoms with Crippen molar-refractivity contribution in [2.24, 2.45) is 0 Å². The summed E-state index contributed by atoms with van der Waals surface area (Å²) in [5, 5.41) is 0. The molecule has 0 bridgehead atoms. The summed E-state index contributed by atoms with van der Waals surface area (Å²) in [7, 11) is 0. The molecule has 1 aliphatic rings. The summed E-state index contributed by atoms with van der Waals surface area (Å²) in [6.07, 6.45) is 1.51. The number of nitrogen functional groups attached to an aromatic ring is 1. The fraction of sp³-hybridized carbons (Fsp3) is 0.364. The molecule has 0 fully saturated rings. The summed E-state index contributed by atoms with van der Waals surface area (Å²) in [6, 6.07) is 5.49. The largest absolute Gasteiger partial charge is 0.399 e. The predicted molar refractivity (Wildman–Crippen MR) is 54.9 cm³/mol. The molecule has 0 aromatic heterocycles. The minimum absolute atomic E-state index is 0.250. The molecule has 0 radical (unpaired) electrons. The van der Waals surface area contributed by atoms with Gasteiger partial charge in [0.25, 0.3) is 0 Å². The maximum atomic E-state index is 11.1. The number of rotatable bonds is 0. The molecule has 70 valence electrons. The van der Waals surface area contributed by atoms with Gasteiger partial charge in [0.1, 0.15) is 0 Å². The second kappa shape index (κ2) is 4.08. The van der Waals surface area contributed by atoms with Crippen LogP contribution in [0.5, 0.6) is 0 Å². The van der Waals surface area contributed by atoms with Gasteiger partial charge in [-0.3, -0.25) is 4.79 Å². The average Bonchev–Trinajstić information content (AvgIpc) is 2.51. The lowest BCUT2D eigenvalue weighted by Crippen LogP contribution is -1.92. The van der Waals surface area contributed by atoms with E-state index < -0.39 is 0 Å². The Morgan fingerprint density at radius 3 is 2.62 bits per heavy atom. The molecule has 13 heavy (non-hydrogen) atoms. The molecule has 0 saturated heterocycles. The molecular formula is C11H15NO. The zero-order valence-electron chi connectivity index (χ0n) is 8.13. The Kier molecular flexibility index (Phi) is 3.07. The summed E-state index contributed by atoms with van der Waals surface area (Å²) >= 11 is 0. The minimum Gasteiger partial charge on any atom is -0.399 e. The highest BCUT2D eigenvalue weighted by atomic mass is 16.1. The van der Waals surface area contributed by atoms with Gasteiger partial charge in [0.05, 0.1) is 0 Å². The summed E-state index contributed by atoms with van der Waals surface area (Å²) in [4.78, 5) is 11.1. The van der Waals surface area contributed by atoms with E-state index in [4.69, 9.17) is 5.73 Å². The van der Waals surface area contributed by atoms with Gasteiger partial charge in [-0.05, 0) is 30.2 Å². The number of benzene rings is 1. The molecule has 0 amide bonds. The zero-order valence-corrected chi connectivity index (χ0v) is 8.13. The Morgan fingerprint density at radius 1 is 1.23 bits per heavy atom. The van der Waals surface area contributed by atoms with E-state index in [1.165, 1.54) is 0 Å². The molecule has 0 saturated carbocycles. The monoisotopic (exact) mass is 177 g/mol. The van der Waals surface area contributed by atoms with Crippen LogP contribution < -0.4 is 5.73 Å². The van der Waals surface area contributed by atoms with E-state index in [1.807, 2.05) is 26.0 Å². The number of anilines is 1. The van der Waals surface area contributed by atoms with Crippen LogP contribution in [0.3, 0.4) is 0 Å². The van der Waals surface area contributed by atoms with Crippen LogP contribution in [0.25, 0.3) is 0 Å². The number of aryl methyl sites for hydroxylation is 1. The first-order valence-electron chi connectivity index (χ1n) is 4.69. The third kappa shape index (κ3) is 1.89. The summed E-state index contributed by atoms with van der Waals surface area (Å²) in [5.74, 6) is 0.250. The standard InChI is InChI=1S/C9H9NO.C2H6/c10-7-2-3-8-6(5-7)1-4-9(8)11;1-2/h2-3,5H,1,4,10H2;1-2H3. The Balaban J connectivity index is 0.000000396. The van der Waals surface area contributed by atoms with Crippen molar-refractivity contribution >= 4 is 11.5 Å². The molecule has 0 unspecified atom stereocenters. The first kappa shape index (κ1) is 9.78. The van der Waals surface area contributed by atoms with Gasteiger partial charge in [-0.2, -0.15) is 0 Å². The Hall–Kier alpha value is -1.31. The lowest BCUT2D eigenvalue weighted by molar-refractivity contribution is 0.0994. The Labute approximate surface area is 78.8 Å². The predicted octanol–water partition coefficient (Wildman–Crippen LogP) is 2.42. The van der Waals surface area contributed by atoms with Gasteiger partial charge in [-0.15, -0.1) is 0 Å². The molecule has 1 aromatic carbocycles. The Bertz CT molecular complexity index is 318. The van der Waals surface area contributed by atoms with Crippen LogP contribution in [0.4, 0.5) is 5.69 Å². The Morgan fingerprint density at radius 2 is 1.92 bits per heavy atom. The molecule has 2 N–H and O–H groups in total. The number of nitrogens with two attached hydrogens (primary N) is 1. The van der Waals surface area contributed by atoms with E-state index in [0.717, 1.165) is 23.2 Å². The molecule has 2 rings (SSSR count). The van der Waals surface area contributed by atoms with Gasteiger partial charge in [0.2, 0.25) is 0 Å². The van der Waals surface area contributed by atoms with Crippen molar-refractivity contribution in [3.05, 3.63) is 29.3 Å². The number of hydrogen-bond acceptors (Lipinski definition) is 2. The van der Waals surface area contributed by atoms with Crippen LogP contribution in [0.1, 0.15) is 36.2 Å². The van der Waals surface area contributed by atoms with Gasteiger partial charge in [0, 0.05) is 17.7 Å². The maximum Gasteiger partial charge on any atom is 0.163 e. The third-order valence-corrected chi connectivity index (χ3v) is 2.05. The van der Waals surface area contributed by atoms with Crippen molar-refractivity contribution in [3.8, 4) is 0 Å². The number of carbonyl (C=O) groups is 1. The fourth-order valence-corrected chi connectivity index (χ4v) is 1.48. The van der Waals surface area contributed by atoms with Crippen molar-refractivity contribution in [2.45, 2.75) is 26.7 Å². The smallest absolute Gasteiger partial charge is 0.163 e. The second-order valence-electron chi connectivity index (χ2n) is 2.84. The second-order valence-corrected chi connectivity index (χ2v) is 2.84. The van der Waals surface area contributed by atoms with Crippen LogP contribution in [0, 0.1) is 0 Å². The molecule has 1 aliphatic carbocycles. The quantitative estimate of drug-likeness (QED) is 0.618. The van der Waals surface area contributed by atoms with Crippen molar-refractivity contribution in [1.82, 2.24) is 0 Å². The lowest BCUT2D eigenvalue weighted by atomic mass is 10.1. The van der Waals surface area contributed by atoms with E-state index >= 15 is 0 Å². The van der Waals surface area contributed by atoms with Gasteiger partial charge in [-0.1, -0.05) is 13.8 Å². The highest BCUT2D eigenvalue weighted by molar-refractivity contribution is 6.00. The van der Waals surface area contributed by atoms with Crippen LogP contribution in [0.15, 0.2) is 18.2 Å². The van der Waals surface area contributed by atoms with Crippen molar-refractivity contribution in [2.75, 3.05) is 5.73 Å². The first-order valence-corrected chi connectivity index (χ1v) is 4.69. The lowest BCUT2D eigenvalue weighted by Gasteiger charge is -1.97. The van der Waals surface area contributed by atoms with Gasteiger partial charge in [-0.25, -0.2) is 0 Å². The normalized spacial score (nSPS) is 13.2. The van der Waals surface area contributed by atoms with Gasteiger partial charge >= 0.3 is 0 Å². The first-order chi connectivity index (χ1) is 6.27. The molecule has 0 aliphatic heterocycles. The van der Waals surface area contributed by atoms with Crippen LogP contribution in [0.2, 0.25) is 0 Å². The van der Waals surface area contributed by atoms with Crippen molar-refractivity contribution in [1.29, 1.82) is 0 Å². The SMILES string of the molecule is CC.Nc1ccc2c(c1)CCC2=O. The number of fused-ring (bicyclic) bond motifs is 1. The van der Waals surface area contributed by atoms with E-state index in [0.29, 0.717) is 6.42 Å². The highest BCUT2D eigenvalue weighted by Gasteiger charge is 2.18. The van der Waals surface area contributed by atoms with Crippen molar-refractivity contribution in [3.63, 3.8) is 0 Å². The summed E-state index contributed by atoms with van der Waals surface area (Å²) < 4.78 is 0. The molecule has 0 atom stereocenters. The summed E-state index contributed by atoms with van der Waals surface area (Å²) in [5.41, 5.74) is 8.28. The zero-order chi connectivity index (χ0) is 9.84. The summed E-state index contributed by atoms with van der Waals surface area (Å²) in [6.45, 7) is 4.00. The van der Waals surface area contributed by atoms with E-state index in [9.17, 15) is 4.79 Å². The average molecular weight is 177 g/mol. The van der Waals surface area contributed by atoms with E-state index in [-0.39, 0.29) is 5.78 Å². The fourth-order valence-electron chi connectivity index (χ4n) is 1.48. The molecule has 2 heteroatoms. The molecule has 2 nitrogen and oxygen atoms in total. The molecule has 0 spiro atoms. The van der Waals surface area contributed by atoms with E-state index in [1.54, 1.807) is 6.07 Å². The molecular weight excluding hydrogens is 162 g/mol. The van der Waals surface area contributed by atoms with Crippen LogP contribution in [-0.4, -0.2) is 5.78 Å². The topological polar surface area (TPSA) is 43.1 Å². The van der Waals surface area contributed by atoms with Crippen molar-refractivity contribution < 1.29 is 4.79 Å². The van der Waals surface area contributed by atoms with Crippen LogP contribution in [-0.2, 0) is 6.42 Å². The van der Waals surface area contributed by atoms with Gasteiger partial charge < -0.3 is 5.73 Å². The number of carbonyl (C=O) groups excluding carboxylic acids is 1. The van der Waals surface area contributed by atoms with Gasteiger partial charge in [0.15, 0.2) is 5.78 Å². The number of Topliss-reactive ketones (excluding diaryl/α,β-unsaturated/α-hetero) is 1. The van der Waals surface area contributed by atoms with Crippen LogP contribution >= 0.6 is 0 Å².